The summed E-state index contributed by atoms with van der Waals surface area (Å²) in [6.45, 7) is 8.26. The number of aliphatic hydroxyl groups excluding tert-OH is 2. The van der Waals surface area contributed by atoms with Gasteiger partial charge in [-0.1, -0.05) is 82.3 Å². The Labute approximate surface area is 169 Å². The zero-order chi connectivity index (χ0) is 20.7. The first-order chi connectivity index (χ1) is 13.2. The molecule has 0 fully saturated rings. The minimum Gasteiger partial charge on any atom is -0.388 e. The van der Waals surface area contributed by atoms with Gasteiger partial charge in [-0.25, -0.2) is 0 Å². The molecule has 2 aromatic carbocycles. The Morgan fingerprint density at radius 1 is 0.893 bits per heavy atom. The highest BCUT2D eigenvalue weighted by atomic mass is 16.5. The highest BCUT2D eigenvalue weighted by molar-refractivity contribution is 5.55. The summed E-state index contributed by atoms with van der Waals surface area (Å²) in [5.41, 5.74) is 5.38. The van der Waals surface area contributed by atoms with E-state index in [1.54, 1.807) is 12.1 Å². The van der Waals surface area contributed by atoms with E-state index in [9.17, 15) is 5.11 Å². The van der Waals surface area contributed by atoms with Gasteiger partial charge in [0.15, 0.2) is 6.29 Å². The van der Waals surface area contributed by atoms with Crippen molar-refractivity contribution >= 4 is 6.08 Å². The SMILES string of the molecule is CCc1cc(CCCc2ccc(C(O)O)cc2)ccc1C=CC(O)C(C)(C)C. The first-order valence-corrected chi connectivity index (χ1v) is 10.1. The van der Waals surface area contributed by atoms with Crippen LogP contribution < -0.4 is 0 Å². The van der Waals surface area contributed by atoms with Crippen molar-refractivity contribution < 1.29 is 15.3 Å². The summed E-state index contributed by atoms with van der Waals surface area (Å²) >= 11 is 0. The number of hydrogen-bond donors (Lipinski definition) is 3. The van der Waals surface area contributed by atoms with E-state index in [0.717, 1.165) is 25.7 Å². The third-order valence-electron chi connectivity index (χ3n) is 5.14. The molecule has 0 bridgehead atoms. The summed E-state index contributed by atoms with van der Waals surface area (Å²) in [5, 5.41) is 28.5. The van der Waals surface area contributed by atoms with Crippen molar-refractivity contribution in [3.63, 3.8) is 0 Å². The van der Waals surface area contributed by atoms with Gasteiger partial charge >= 0.3 is 0 Å². The van der Waals surface area contributed by atoms with Crippen LogP contribution in [0.2, 0.25) is 0 Å². The van der Waals surface area contributed by atoms with E-state index in [1.165, 1.54) is 22.3 Å². The highest BCUT2D eigenvalue weighted by Crippen LogP contribution is 2.22. The number of rotatable bonds is 8. The van der Waals surface area contributed by atoms with Gasteiger partial charge in [-0.05, 0) is 53.4 Å². The molecule has 0 radical (unpaired) electrons. The van der Waals surface area contributed by atoms with Crippen LogP contribution in [-0.4, -0.2) is 21.4 Å². The van der Waals surface area contributed by atoms with E-state index in [2.05, 4.69) is 25.1 Å². The molecule has 0 heterocycles. The van der Waals surface area contributed by atoms with E-state index in [-0.39, 0.29) is 5.41 Å². The van der Waals surface area contributed by atoms with E-state index in [4.69, 9.17) is 10.2 Å². The summed E-state index contributed by atoms with van der Waals surface area (Å²) in [6.07, 6.45) is 6.03. The lowest BCUT2D eigenvalue weighted by molar-refractivity contribution is -0.0424. The second-order valence-corrected chi connectivity index (χ2v) is 8.53. The predicted octanol–water partition coefficient (Wildman–Crippen LogP) is 4.83. The van der Waals surface area contributed by atoms with Gasteiger partial charge in [0.25, 0.3) is 0 Å². The van der Waals surface area contributed by atoms with Gasteiger partial charge in [-0.2, -0.15) is 0 Å². The molecule has 0 saturated heterocycles. The molecule has 0 saturated carbocycles. The average molecular weight is 383 g/mol. The molecule has 152 valence electrons. The van der Waals surface area contributed by atoms with E-state index >= 15 is 0 Å². The van der Waals surface area contributed by atoms with Crippen LogP contribution in [0.3, 0.4) is 0 Å². The lowest BCUT2D eigenvalue weighted by atomic mass is 9.88. The molecule has 0 spiro atoms. The van der Waals surface area contributed by atoms with Crippen molar-refractivity contribution in [3.8, 4) is 0 Å². The fraction of sp³-hybridized carbons (Fsp3) is 0.440. The van der Waals surface area contributed by atoms with E-state index in [1.807, 2.05) is 45.1 Å². The Morgan fingerprint density at radius 3 is 2.07 bits per heavy atom. The fourth-order valence-corrected chi connectivity index (χ4v) is 3.12. The maximum absolute atomic E-state index is 10.2. The number of hydrogen-bond acceptors (Lipinski definition) is 3. The van der Waals surface area contributed by atoms with Gasteiger partial charge in [0.1, 0.15) is 0 Å². The van der Waals surface area contributed by atoms with Crippen molar-refractivity contribution in [3.05, 3.63) is 76.4 Å². The standard InChI is InChI=1S/C25H34O3/c1-5-20-17-19(11-12-21(20)15-16-23(26)25(2,3)4)8-6-7-18-9-13-22(14-10-18)24(27)28/h9-17,23-24,26-28H,5-8H2,1-4H3. The van der Waals surface area contributed by atoms with Crippen LogP contribution in [0, 0.1) is 5.41 Å². The minimum atomic E-state index is -1.40. The van der Waals surface area contributed by atoms with Crippen molar-refractivity contribution in [1.29, 1.82) is 0 Å². The first kappa shape index (κ1) is 22.4. The molecule has 1 unspecified atom stereocenters. The zero-order valence-electron chi connectivity index (χ0n) is 17.5. The maximum atomic E-state index is 10.2. The molecular formula is C25H34O3. The largest absolute Gasteiger partial charge is 0.388 e. The smallest absolute Gasteiger partial charge is 0.178 e. The number of aliphatic hydroxyl groups is 3. The lowest BCUT2D eigenvalue weighted by Gasteiger charge is -2.22. The zero-order valence-corrected chi connectivity index (χ0v) is 17.5. The molecule has 3 nitrogen and oxygen atoms in total. The summed E-state index contributed by atoms with van der Waals surface area (Å²) < 4.78 is 0. The van der Waals surface area contributed by atoms with Gasteiger partial charge in [0.2, 0.25) is 0 Å². The summed E-state index contributed by atoms with van der Waals surface area (Å²) in [7, 11) is 0. The number of aryl methyl sites for hydroxylation is 3. The quantitative estimate of drug-likeness (QED) is 0.573. The Hall–Kier alpha value is -1.94. The highest BCUT2D eigenvalue weighted by Gasteiger charge is 2.19. The average Bonchev–Trinajstić information content (AvgIpc) is 2.66. The van der Waals surface area contributed by atoms with Crippen LogP contribution in [0.1, 0.15) is 68.2 Å². The molecule has 0 aliphatic rings. The summed E-state index contributed by atoms with van der Waals surface area (Å²) in [5.74, 6) is 0. The fourth-order valence-electron chi connectivity index (χ4n) is 3.12. The summed E-state index contributed by atoms with van der Waals surface area (Å²) in [4.78, 5) is 0. The molecule has 0 amide bonds. The Kier molecular flexibility index (Phi) is 7.99. The van der Waals surface area contributed by atoms with Crippen LogP contribution >= 0.6 is 0 Å². The Bertz CT molecular complexity index is 767. The summed E-state index contributed by atoms with van der Waals surface area (Å²) in [6, 6.07) is 14.0. The van der Waals surface area contributed by atoms with Crippen LogP contribution in [0.25, 0.3) is 6.08 Å². The number of benzene rings is 2. The molecule has 2 aromatic rings. The topological polar surface area (TPSA) is 60.7 Å². The van der Waals surface area contributed by atoms with Gasteiger partial charge < -0.3 is 15.3 Å². The normalized spacial score (nSPS) is 13.4. The Balaban J connectivity index is 1.96. The van der Waals surface area contributed by atoms with Gasteiger partial charge in [-0.3, -0.25) is 0 Å². The lowest BCUT2D eigenvalue weighted by Crippen LogP contribution is -2.23. The van der Waals surface area contributed by atoms with Gasteiger partial charge in [0.05, 0.1) is 6.10 Å². The maximum Gasteiger partial charge on any atom is 0.178 e. The van der Waals surface area contributed by atoms with Crippen molar-refractivity contribution in [2.24, 2.45) is 5.41 Å². The molecule has 0 aliphatic heterocycles. The molecule has 3 heteroatoms. The van der Waals surface area contributed by atoms with Crippen LogP contribution in [-0.2, 0) is 19.3 Å². The molecule has 3 N–H and O–H groups in total. The molecule has 0 aliphatic carbocycles. The van der Waals surface area contributed by atoms with Crippen LogP contribution in [0.5, 0.6) is 0 Å². The van der Waals surface area contributed by atoms with Crippen molar-refractivity contribution in [1.82, 2.24) is 0 Å². The molecule has 28 heavy (non-hydrogen) atoms. The van der Waals surface area contributed by atoms with E-state index in [0.29, 0.717) is 5.56 Å². The Morgan fingerprint density at radius 2 is 1.50 bits per heavy atom. The van der Waals surface area contributed by atoms with Crippen LogP contribution in [0.15, 0.2) is 48.5 Å². The van der Waals surface area contributed by atoms with Crippen molar-refractivity contribution in [2.45, 2.75) is 65.8 Å². The van der Waals surface area contributed by atoms with Gasteiger partial charge in [-0.15, -0.1) is 0 Å². The van der Waals surface area contributed by atoms with E-state index < -0.39 is 12.4 Å². The molecule has 1 atom stereocenters. The third kappa shape index (κ3) is 6.59. The second kappa shape index (κ2) is 10.0. The predicted molar refractivity (Wildman–Crippen MR) is 116 cm³/mol. The van der Waals surface area contributed by atoms with Crippen molar-refractivity contribution in [2.75, 3.05) is 0 Å². The first-order valence-electron chi connectivity index (χ1n) is 10.1. The molecule has 0 aromatic heterocycles. The molecular weight excluding hydrogens is 348 g/mol. The third-order valence-corrected chi connectivity index (χ3v) is 5.14. The van der Waals surface area contributed by atoms with Crippen LogP contribution in [0.4, 0.5) is 0 Å². The molecule has 2 rings (SSSR count). The second-order valence-electron chi connectivity index (χ2n) is 8.53. The monoisotopic (exact) mass is 382 g/mol. The van der Waals surface area contributed by atoms with Gasteiger partial charge in [0, 0.05) is 5.56 Å². The minimum absolute atomic E-state index is 0.156.